The number of anilines is 1. The molecule has 3 rings (SSSR count). The van der Waals surface area contributed by atoms with Gasteiger partial charge in [0.15, 0.2) is 0 Å². The van der Waals surface area contributed by atoms with Gasteiger partial charge in [-0.05, 0) is 42.5 Å². The number of nitrogens with one attached hydrogen (secondary N) is 1. The average Bonchev–Trinajstić information content (AvgIpc) is 3.35. The average molecular weight is 444 g/mol. The van der Waals surface area contributed by atoms with Gasteiger partial charge in [-0.3, -0.25) is 9.69 Å². The first-order valence-electron chi connectivity index (χ1n) is 8.60. The molecule has 2 aromatic heterocycles. The van der Waals surface area contributed by atoms with Crippen molar-refractivity contribution in [1.82, 2.24) is 20.3 Å². The minimum absolute atomic E-state index is 0.218. The van der Waals surface area contributed by atoms with Crippen LogP contribution in [0.1, 0.15) is 15.4 Å². The summed E-state index contributed by atoms with van der Waals surface area (Å²) in [5, 5.41) is 10.9. The molecule has 0 aliphatic rings. The highest BCUT2D eigenvalue weighted by molar-refractivity contribution is 7.17. The van der Waals surface area contributed by atoms with E-state index in [-0.39, 0.29) is 12.5 Å². The van der Waals surface area contributed by atoms with Crippen molar-refractivity contribution in [3.8, 4) is 5.69 Å². The second-order valence-corrected chi connectivity index (χ2v) is 7.77. The van der Waals surface area contributed by atoms with Gasteiger partial charge in [0.1, 0.15) is 5.69 Å². The summed E-state index contributed by atoms with van der Waals surface area (Å²) in [6.45, 7) is 3.76. The molecule has 1 aromatic carbocycles. The van der Waals surface area contributed by atoms with Crippen molar-refractivity contribution in [2.75, 3.05) is 4.90 Å². The number of urea groups is 1. The second kappa shape index (κ2) is 9.25. The molecule has 5 N–H and O–H groups in total. The first-order valence-corrected chi connectivity index (χ1v) is 9.79. The summed E-state index contributed by atoms with van der Waals surface area (Å²) in [6.07, 6.45) is 4.61. The number of rotatable bonds is 7. The fourth-order valence-corrected chi connectivity index (χ4v) is 3.38. The number of thiophene rings is 1. The number of allylic oxidation sites excluding steroid dienone is 1. The van der Waals surface area contributed by atoms with Gasteiger partial charge in [-0.1, -0.05) is 23.4 Å². The second-order valence-electron chi connectivity index (χ2n) is 6.06. The third kappa shape index (κ3) is 5.25. The number of amides is 3. The van der Waals surface area contributed by atoms with Crippen molar-refractivity contribution in [2.24, 2.45) is 11.5 Å². The Kier molecular flexibility index (Phi) is 6.50. The largest absolute Gasteiger partial charge is 0.399 e. The molecular formula is C19H18ClN7O2S. The van der Waals surface area contributed by atoms with Crippen LogP contribution in [0.4, 0.5) is 10.5 Å². The van der Waals surface area contributed by atoms with E-state index >= 15 is 0 Å². The molecule has 2 heterocycles. The van der Waals surface area contributed by atoms with Crippen LogP contribution in [0.5, 0.6) is 0 Å². The van der Waals surface area contributed by atoms with Gasteiger partial charge in [0.05, 0.1) is 33.3 Å². The maximum absolute atomic E-state index is 12.1. The highest BCUT2D eigenvalue weighted by Crippen LogP contribution is 2.21. The van der Waals surface area contributed by atoms with Gasteiger partial charge in [0.25, 0.3) is 5.91 Å². The highest BCUT2D eigenvalue weighted by atomic mass is 35.5. The summed E-state index contributed by atoms with van der Waals surface area (Å²) in [5.41, 5.74) is 13.0. The van der Waals surface area contributed by atoms with Crippen LogP contribution in [-0.2, 0) is 6.54 Å². The fourth-order valence-electron chi connectivity index (χ4n) is 2.42. The zero-order valence-corrected chi connectivity index (χ0v) is 17.2. The molecule has 0 bridgehead atoms. The first-order chi connectivity index (χ1) is 14.3. The Morgan fingerprint density at radius 2 is 1.97 bits per heavy atom. The molecule has 0 saturated carbocycles. The minimum atomic E-state index is -0.661. The number of primary amides is 1. The third-order valence-electron chi connectivity index (χ3n) is 3.84. The molecule has 0 radical (unpaired) electrons. The third-order valence-corrected chi connectivity index (χ3v) is 5.07. The number of hydrogen-bond acceptors (Lipinski definition) is 6. The van der Waals surface area contributed by atoms with Crippen molar-refractivity contribution >= 4 is 40.6 Å². The lowest BCUT2D eigenvalue weighted by atomic mass is 10.2. The number of aromatic nitrogens is 3. The van der Waals surface area contributed by atoms with Crippen molar-refractivity contribution in [3.63, 3.8) is 0 Å². The molecule has 0 atom stereocenters. The van der Waals surface area contributed by atoms with E-state index < -0.39 is 6.03 Å². The van der Waals surface area contributed by atoms with Crippen molar-refractivity contribution < 1.29 is 9.59 Å². The molecule has 30 heavy (non-hydrogen) atoms. The van der Waals surface area contributed by atoms with Crippen molar-refractivity contribution in [3.05, 3.63) is 82.1 Å². The molecule has 3 amide bonds. The summed E-state index contributed by atoms with van der Waals surface area (Å²) < 4.78 is 2.10. The van der Waals surface area contributed by atoms with Crippen LogP contribution in [0, 0.1) is 0 Å². The Labute approximate surface area is 181 Å². The van der Waals surface area contributed by atoms with Crippen LogP contribution < -0.4 is 21.7 Å². The van der Waals surface area contributed by atoms with Crippen LogP contribution in [0.15, 0.2) is 67.1 Å². The first kappa shape index (κ1) is 21.1. The summed E-state index contributed by atoms with van der Waals surface area (Å²) >= 11 is 7.05. The Morgan fingerprint density at radius 3 is 2.57 bits per heavy atom. The van der Waals surface area contributed by atoms with Crippen LogP contribution in [0.25, 0.3) is 5.69 Å². The Morgan fingerprint density at radius 1 is 1.23 bits per heavy atom. The van der Waals surface area contributed by atoms with E-state index in [0.717, 1.165) is 0 Å². The van der Waals surface area contributed by atoms with E-state index in [4.69, 9.17) is 23.1 Å². The number of benzene rings is 1. The molecule has 0 aliphatic carbocycles. The van der Waals surface area contributed by atoms with E-state index in [1.165, 1.54) is 28.5 Å². The summed E-state index contributed by atoms with van der Waals surface area (Å²) in [5.74, 6) is -0.231. The van der Waals surface area contributed by atoms with Gasteiger partial charge in [0, 0.05) is 11.9 Å². The molecule has 154 valence electrons. The normalized spacial score (nSPS) is 10.8. The Balaban J connectivity index is 1.67. The fraction of sp³-hybridized carbons (Fsp3) is 0.0526. The number of carbonyl (C=O) groups excluding carboxylic acids is 2. The summed E-state index contributed by atoms with van der Waals surface area (Å²) in [6, 6.07) is 9.58. The van der Waals surface area contributed by atoms with Gasteiger partial charge in [-0.25, -0.2) is 9.48 Å². The monoisotopic (exact) mass is 443 g/mol. The molecule has 11 heteroatoms. The Bertz CT molecular complexity index is 1100. The number of nitrogens with two attached hydrogens (primary N) is 2. The zero-order chi connectivity index (χ0) is 21.7. The highest BCUT2D eigenvalue weighted by Gasteiger charge is 2.12. The van der Waals surface area contributed by atoms with Gasteiger partial charge in [-0.2, -0.15) is 0 Å². The summed E-state index contributed by atoms with van der Waals surface area (Å²) in [4.78, 5) is 25.5. The SMILES string of the molecule is C=C(N)/C=C\N(C(N)=O)c1ccc(-n2cc(CNC(=O)c3ccc(Cl)s3)nn2)cc1. The zero-order valence-electron chi connectivity index (χ0n) is 15.7. The molecular weight excluding hydrogens is 426 g/mol. The number of carbonyl (C=O) groups is 2. The molecule has 0 saturated heterocycles. The molecule has 0 fully saturated rings. The standard InChI is InChI=1S/C19H18ClN7O2S/c1-12(21)8-9-26(19(22)29)14-2-4-15(5-3-14)27-11-13(24-25-27)10-23-18(28)16-6-7-17(20)30-16/h2-9,11H,1,10,21H2,(H2,22,29)(H,23,28)/b9-8-. The predicted octanol–water partition coefficient (Wildman–Crippen LogP) is 2.78. The Hall–Kier alpha value is -3.63. The number of nitrogens with zero attached hydrogens (tertiary/aromatic N) is 4. The van der Waals surface area contributed by atoms with Crippen LogP contribution in [0.3, 0.4) is 0 Å². The predicted molar refractivity (Wildman–Crippen MR) is 116 cm³/mol. The van der Waals surface area contributed by atoms with Gasteiger partial charge in [0.2, 0.25) is 0 Å². The van der Waals surface area contributed by atoms with E-state index in [1.807, 2.05) is 0 Å². The summed E-state index contributed by atoms with van der Waals surface area (Å²) in [7, 11) is 0. The van der Waals surface area contributed by atoms with Gasteiger partial charge < -0.3 is 16.8 Å². The lowest BCUT2D eigenvalue weighted by Crippen LogP contribution is -2.31. The number of hydrogen-bond donors (Lipinski definition) is 3. The van der Waals surface area contributed by atoms with Crippen molar-refractivity contribution in [1.29, 1.82) is 0 Å². The lowest BCUT2D eigenvalue weighted by Gasteiger charge is -2.16. The molecule has 0 aliphatic heterocycles. The smallest absolute Gasteiger partial charge is 0.323 e. The van der Waals surface area contributed by atoms with Crippen molar-refractivity contribution in [2.45, 2.75) is 6.54 Å². The molecule has 9 nitrogen and oxygen atoms in total. The van der Waals surface area contributed by atoms with E-state index in [1.54, 1.807) is 47.3 Å². The van der Waals surface area contributed by atoms with Gasteiger partial charge >= 0.3 is 6.03 Å². The maximum atomic E-state index is 12.1. The van der Waals surface area contributed by atoms with Crippen LogP contribution in [-0.4, -0.2) is 26.9 Å². The lowest BCUT2D eigenvalue weighted by molar-refractivity contribution is 0.0954. The van der Waals surface area contributed by atoms with E-state index in [0.29, 0.717) is 32.0 Å². The molecule has 0 unspecified atom stereocenters. The molecule has 3 aromatic rings. The maximum Gasteiger partial charge on any atom is 0.323 e. The van der Waals surface area contributed by atoms with E-state index in [9.17, 15) is 9.59 Å². The minimum Gasteiger partial charge on any atom is -0.399 e. The molecule has 0 spiro atoms. The quantitative estimate of drug-likeness (QED) is 0.483. The van der Waals surface area contributed by atoms with Gasteiger partial charge in [-0.15, -0.1) is 16.4 Å². The number of halogens is 1. The topological polar surface area (TPSA) is 132 Å². The van der Waals surface area contributed by atoms with E-state index in [2.05, 4.69) is 22.2 Å². The van der Waals surface area contributed by atoms with Crippen LogP contribution >= 0.6 is 22.9 Å². The van der Waals surface area contributed by atoms with Crippen LogP contribution in [0.2, 0.25) is 4.34 Å².